The predicted molar refractivity (Wildman–Crippen MR) is 68.9 cm³/mol. The third-order valence-corrected chi connectivity index (χ3v) is 3.19. The summed E-state index contributed by atoms with van der Waals surface area (Å²) in [6.07, 6.45) is 1.61. The van der Waals surface area contributed by atoms with Crippen LogP contribution in [-0.4, -0.2) is 24.3 Å². The lowest BCUT2D eigenvalue weighted by molar-refractivity contribution is 0.590. The summed E-state index contributed by atoms with van der Waals surface area (Å²) in [5.41, 5.74) is 7.24. The molecule has 3 rings (SSSR count). The van der Waals surface area contributed by atoms with E-state index in [-0.39, 0.29) is 11.9 Å². The van der Waals surface area contributed by atoms with Gasteiger partial charge in [0, 0.05) is 7.05 Å². The first kappa shape index (κ1) is 11.6. The Labute approximate surface area is 108 Å². The molecule has 2 heterocycles. The quantitative estimate of drug-likeness (QED) is 0.757. The predicted octanol–water partition coefficient (Wildman–Crippen LogP) is 1.50. The zero-order valence-electron chi connectivity index (χ0n) is 10.6. The zero-order valence-corrected chi connectivity index (χ0v) is 10.6. The fourth-order valence-corrected chi connectivity index (χ4v) is 2.28. The molecule has 0 radical (unpaired) electrons. The van der Waals surface area contributed by atoms with Gasteiger partial charge in [-0.3, -0.25) is 4.57 Å². The normalized spacial score (nSPS) is 13.0. The van der Waals surface area contributed by atoms with Crippen LogP contribution in [0.4, 0.5) is 10.3 Å². The Morgan fingerprint density at radius 1 is 1.37 bits per heavy atom. The van der Waals surface area contributed by atoms with Gasteiger partial charge in [-0.2, -0.15) is 0 Å². The summed E-state index contributed by atoms with van der Waals surface area (Å²) in [5, 5.41) is 7.90. The van der Waals surface area contributed by atoms with E-state index in [1.165, 1.54) is 12.1 Å². The molecule has 0 bridgehead atoms. The van der Waals surface area contributed by atoms with Gasteiger partial charge in [0.1, 0.15) is 12.1 Å². The van der Waals surface area contributed by atoms with Crippen molar-refractivity contribution in [2.75, 3.05) is 5.73 Å². The van der Waals surface area contributed by atoms with E-state index in [2.05, 4.69) is 15.2 Å². The van der Waals surface area contributed by atoms with Crippen molar-refractivity contribution >= 4 is 17.0 Å². The number of rotatable bonds is 2. The van der Waals surface area contributed by atoms with Crippen molar-refractivity contribution in [2.24, 2.45) is 7.05 Å². The minimum Gasteiger partial charge on any atom is -0.369 e. The highest BCUT2D eigenvalue weighted by atomic mass is 19.1. The van der Waals surface area contributed by atoms with Gasteiger partial charge in [-0.1, -0.05) is 0 Å². The molecule has 0 spiro atoms. The van der Waals surface area contributed by atoms with E-state index >= 15 is 0 Å². The van der Waals surface area contributed by atoms with Gasteiger partial charge < -0.3 is 10.3 Å². The number of nitrogens with two attached hydrogens (primary N) is 1. The molecule has 0 fully saturated rings. The van der Waals surface area contributed by atoms with Crippen LogP contribution in [0.5, 0.6) is 0 Å². The monoisotopic (exact) mass is 260 g/mol. The summed E-state index contributed by atoms with van der Waals surface area (Å²) in [6, 6.07) is 4.22. The average Bonchev–Trinajstić information content (AvgIpc) is 2.91. The molecule has 3 aromatic rings. The van der Waals surface area contributed by atoms with E-state index in [0.29, 0.717) is 17.0 Å². The number of benzene rings is 1. The molecule has 1 aromatic carbocycles. The number of hydrogen-bond acceptors (Lipinski definition) is 4. The number of fused-ring (bicyclic) bond motifs is 1. The number of nitrogen functional groups attached to an aromatic ring is 1. The van der Waals surface area contributed by atoms with Crippen LogP contribution >= 0.6 is 0 Å². The molecule has 0 saturated heterocycles. The largest absolute Gasteiger partial charge is 0.369 e. The van der Waals surface area contributed by atoms with E-state index in [4.69, 9.17) is 5.73 Å². The maximum Gasteiger partial charge on any atom is 0.201 e. The molecule has 98 valence electrons. The summed E-state index contributed by atoms with van der Waals surface area (Å²) in [7, 11) is 1.85. The molecular weight excluding hydrogens is 247 g/mol. The van der Waals surface area contributed by atoms with Gasteiger partial charge in [0.25, 0.3) is 0 Å². The second-order valence-electron chi connectivity index (χ2n) is 4.45. The third kappa shape index (κ3) is 1.74. The lowest BCUT2D eigenvalue weighted by Crippen LogP contribution is -2.14. The summed E-state index contributed by atoms with van der Waals surface area (Å²) < 4.78 is 16.9. The molecule has 0 amide bonds. The van der Waals surface area contributed by atoms with E-state index in [1.54, 1.807) is 21.5 Å². The lowest BCUT2D eigenvalue weighted by atomic mass is 10.2. The van der Waals surface area contributed by atoms with Gasteiger partial charge >= 0.3 is 0 Å². The second-order valence-corrected chi connectivity index (χ2v) is 4.45. The first-order valence-corrected chi connectivity index (χ1v) is 5.85. The Hall–Kier alpha value is -2.44. The molecule has 19 heavy (non-hydrogen) atoms. The number of aryl methyl sites for hydroxylation is 1. The first-order valence-electron chi connectivity index (χ1n) is 5.85. The Balaban J connectivity index is 2.22. The molecule has 6 nitrogen and oxygen atoms in total. The van der Waals surface area contributed by atoms with Crippen molar-refractivity contribution in [1.82, 2.24) is 24.3 Å². The molecule has 0 aliphatic heterocycles. The van der Waals surface area contributed by atoms with Crippen molar-refractivity contribution in [3.8, 4) is 0 Å². The van der Waals surface area contributed by atoms with Crippen LogP contribution in [0.15, 0.2) is 24.5 Å². The molecule has 1 atom stereocenters. The maximum absolute atomic E-state index is 13.4. The van der Waals surface area contributed by atoms with Crippen molar-refractivity contribution in [3.05, 3.63) is 36.2 Å². The SMILES string of the molecule is CC(c1nncn1C)n1c(N)nc2ccc(F)cc21. The van der Waals surface area contributed by atoms with E-state index in [1.807, 2.05) is 14.0 Å². The van der Waals surface area contributed by atoms with Crippen LogP contribution in [-0.2, 0) is 7.05 Å². The molecule has 2 aromatic heterocycles. The van der Waals surface area contributed by atoms with Crippen molar-refractivity contribution < 1.29 is 4.39 Å². The zero-order chi connectivity index (χ0) is 13.6. The highest BCUT2D eigenvalue weighted by Gasteiger charge is 2.19. The molecule has 0 aliphatic rings. The van der Waals surface area contributed by atoms with Crippen molar-refractivity contribution in [1.29, 1.82) is 0 Å². The lowest BCUT2D eigenvalue weighted by Gasteiger charge is -2.14. The molecule has 0 aliphatic carbocycles. The van der Waals surface area contributed by atoms with Crippen molar-refractivity contribution in [2.45, 2.75) is 13.0 Å². The van der Waals surface area contributed by atoms with Crippen LogP contribution in [0, 0.1) is 5.82 Å². The minimum absolute atomic E-state index is 0.181. The van der Waals surface area contributed by atoms with Gasteiger partial charge in [-0.15, -0.1) is 10.2 Å². The van der Waals surface area contributed by atoms with Crippen LogP contribution < -0.4 is 5.73 Å². The number of hydrogen-bond donors (Lipinski definition) is 1. The minimum atomic E-state index is -0.321. The van der Waals surface area contributed by atoms with Crippen LogP contribution in [0.3, 0.4) is 0 Å². The highest BCUT2D eigenvalue weighted by molar-refractivity contribution is 5.78. The van der Waals surface area contributed by atoms with Gasteiger partial charge in [-0.05, 0) is 25.1 Å². The molecule has 1 unspecified atom stereocenters. The van der Waals surface area contributed by atoms with Gasteiger partial charge in [0.15, 0.2) is 5.82 Å². The Morgan fingerprint density at radius 2 is 2.16 bits per heavy atom. The van der Waals surface area contributed by atoms with Gasteiger partial charge in [0.05, 0.1) is 17.1 Å². The average molecular weight is 260 g/mol. The number of nitrogens with zero attached hydrogens (tertiary/aromatic N) is 5. The van der Waals surface area contributed by atoms with Gasteiger partial charge in [0.2, 0.25) is 5.95 Å². The second kappa shape index (κ2) is 4.04. The molecule has 2 N–H and O–H groups in total. The van der Waals surface area contributed by atoms with Crippen LogP contribution in [0.1, 0.15) is 18.8 Å². The first-order chi connectivity index (χ1) is 9.08. The van der Waals surface area contributed by atoms with Crippen LogP contribution in [0.25, 0.3) is 11.0 Å². The van der Waals surface area contributed by atoms with Crippen molar-refractivity contribution in [3.63, 3.8) is 0 Å². The Morgan fingerprint density at radius 3 is 2.84 bits per heavy atom. The summed E-state index contributed by atoms with van der Waals surface area (Å²) in [5.74, 6) is 0.741. The summed E-state index contributed by atoms with van der Waals surface area (Å²) in [4.78, 5) is 4.23. The number of anilines is 1. The van der Waals surface area contributed by atoms with E-state index < -0.39 is 0 Å². The highest BCUT2D eigenvalue weighted by Crippen LogP contribution is 2.26. The number of halogens is 1. The number of aromatic nitrogens is 5. The Kier molecular flexibility index (Phi) is 2.48. The fraction of sp³-hybridized carbons (Fsp3) is 0.250. The van der Waals surface area contributed by atoms with Crippen LogP contribution in [0.2, 0.25) is 0 Å². The third-order valence-electron chi connectivity index (χ3n) is 3.19. The topological polar surface area (TPSA) is 74.5 Å². The molecular formula is C12H13FN6. The number of imidazole rings is 1. The van der Waals surface area contributed by atoms with E-state index in [9.17, 15) is 4.39 Å². The summed E-state index contributed by atoms with van der Waals surface area (Å²) >= 11 is 0. The smallest absolute Gasteiger partial charge is 0.201 e. The van der Waals surface area contributed by atoms with Gasteiger partial charge in [-0.25, -0.2) is 9.37 Å². The Bertz CT molecular complexity index is 744. The molecule has 0 saturated carbocycles. The standard InChI is InChI=1S/C12H13FN6/c1-7(11-17-15-6-18(11)2)19-10-5-8(13)3-4-9(10)16-12(19)14/h3-7H,1-2H3,(H2,14,16). The van der Waals surface area contributed by atoms with E-state index in [0.717, 1.165) is 5.82 Å². The summed E-state index contributed by atoms with van der Waals surface area (Å²) in [6.45, 7) is 1.92. The molecule has 7 heteroatoms. The fourth-order valence-electron chi connectivity index (χ4n) is 2.28. The maximum atomic E-state index is 13.4.